The number of nitrogens with zero attached hydrogens (tertiary/aromatic N) is 4. The van der Waals surface area contributed by atoms with Gasteiger partial charge in [0.15, 0.2) is 17.4 Å². The third-order valence-electron chi connectivity index (χ3n) is 6.59. The van der Waals surface area contributed by atoms with Crippen LogP contribution >= 0.6 is 8.60 Å². The lowest BCUT2D eigenvalue weighted by atomic mass is 10.1. The van der Waals surface area contributed by atoms with E-state index in [2.05, 4.69) is 9.97 Å². The number of ether oxygens (including phenoxy) is 1. The standard InChI is InChI=1S/C24H20N5O7P/c30-14-8-6-13(7-9-14)20-26-17-21(29(20)23-18(31)19-16(35-23)11-34-37(33)36-19)27-24-25-15(10-28(24)22(17)32)12-4-2-1-3-5-12/h1-10,16,18-19,23,30-31,33H,11H2,(H,25,27)/t16?,18?,19-,23-,37?/m1/s1. The number of imidazole rings is 2. The third kappa shape index (κ3) is 3.57. The molecule has 188 valence electrons. The molecular weight excluding hydrogens is 501 g/mol. The Morgan fingerprint density at radius 2 is 1.84 bits per heavy atom. The van der Waals surface area contributed by atoms with Crippen LogP contribution in [0.2, 0.25) is 0 Å². The number of hydrogen-bond donors (Lipinski definition) is 4. The molecule has 0 aliphatic carbocycles. The molecule has 7 rings (SSSR count). The number of fused-ring (bicyclic) bond motifs is 3. The second kappa shape index (κ2) is 8.45. The van der Waals surface area contributed by atoms with Crippen LogP contribution in [0.25, 0.3) is 39.6 Å². The maximum Gasteiger partial charge on any atom is 0.330 e. The molecule has 2 aromatic carbocycles. The molecule has 2 aliphatic rings. The van der Waals surface area contributed by atoms with Gasteiger partial charge in [0.1, 0.15) is 29.9 Å². The van der Waals surface area contributed by atoms with Gasteiger partial charge in [0.2, 0.25) is 5.78 Å². The number of aliphatic hydroxyl groups is 1. The van der Waals surface area contributed by atoms with Crippen LogP contribution in [-0.2, 0) is 13.8 Å². The number of aromatic amines is 1. The van der Waals surface area contributed by atoms with Gasteiger partial charge >= 0.3 is 8.60 Å². The molecule has 0 radical (unpaired) electrons. The van der Waals surface area contributed by atoms with Crippen molar-refractivity contribution in [1.29, 1.82) is 0 Å². The van der Waals surface area contributed by atoms with E-state index in [1.807, 2.05) is 30.3 Å². The molecule has 37 heavy (non-hydrogen) atoms. The summed E-state index contributed by atoms with van der Waals surface area (Å²) in [5.74, 6) is 0.667. The fraction of sp³-hybridized carbons (Fsp3) is 0.208. The first-order chi connectivity index (χ1) is 18.0. The highest BCUT2D eigenvalue weighted by Crippen LogP contribution is 2.47. The summed E-state index contributed by atoms with van der Waals surface area (Å²) in [7, 11) is -2.13. The van der Waals surface area contributed by atoms with Crippen LogP contribution in [0, 0.1) is 0 Å². The van der Waals surface area contributed by atoms with E-state index in [0.29, 0.717) is 17.1 Å². The summed E-state index contributed by atoms with van der Waals surface area (Å²) in [6, 6.07) is 15.8. The molecule has 0 spiro atoms. The van der Waals surface area contributed by atoms with Crippen LogP contribution in [0.4, 0.5) is 0 Å². The molecule has 0 bridgehead atoms. The van der Waals surface area contributed by atoms with Gasteiger partial charge in [0, 0.05) is 11.8 Å². The summed E-state index contributed by atoms with van der Waals surface area (Å²) >= 11 is 0. The SMILES string of the molecule is O=c1c2nc(-c3ccc(O)cc3)n([C@@H]3OC4COP(O)O[C@H]4C3O)c2nc2[nH]c(-c3ccccc3)cn12. The second-order valence-electron chi connectivity index (χ2n) is 8.83. The highest BCUT2D eigenvalue weighted by molar-refractivity contribution is 7.40. The molecule has 12 nitrogen and oxygen atoms in total. The maximum atomic E-state index is 13.6. The Bertz CT molecular complexity index is 1680. The zero-order valence-electron chi connectivity index (χ0n) is 19.0. The van der Waals surface area contributed by atoms with Gasteiger partial charge in [-0.3, -0.25) is 9.36 Å². The van der Waals surface area contributed by atoms with Crippen molar-refractivity contribution in [3.05, 3.63) is 71.1 Å². The van der Waals surface area contributed by atoms with Gasteiger partial charge < -0.3 is 33.9 Å². The van der Waals surface area contributed by atoms with Gasteiger partial charge in [-0.15, -0.1) is 0 Å². The number of phenols is 1. The molecule has 2 saturated heterocycles. The van der Waals surface area contributed by atoms with Gasteiger partial charge in [-0.1, -0.05) is 30.3 Å². The summed E-state index contributed by atoms with van der Waals surface area (Å²) in [6.45, 7) is 0.0407. The fourth-order valence-corrected chi connectivity index (χ4v) is 5.62. The van der Waals surface area contributed by atoms with Gasteiger partial charge in [0.05, 0.1) is 12.3 Å². The maximum absolute atomic E-state index is 13.6. The lowest BCUT2D eigenvalue weighted by Crippen LogP contribution is -2.38. The van der Waals surface area contributed by atoms with Crippen LogP contribution in [-0.4, -0.2) is 63.9 Å². The Balaban J connectivity index is 1.45. The lowest BCUT2D eigenvalue weighted by Gasteiger charge is -2.27. The van der Waals surface area contributed by atoms with E-state index in [4.69, 9.17) is 18.8 Å². The van der Waals surface area contributed by atoms with Crippen molar-refractivity contribution in [3.63, 3.8) is 0 Å². The summed E-state index contributed by atoms with van der Waals surface area (Å²) in [6.07, 6.45) is -2.05. The smallest absolute Gasteiger partial charge is 0.330 e. The first-order valence-corrected chi connectivity index (χ1v) is 12.6. The molecule has 3 unspecified atom stereocenters. The van der Waals surface area contributed by atoms with Crippen LogP contribution in [0.15, 0.2) is 65.6 Å². The number of hydrogen-bond acceptors (Lipinski definition) is 9. The van der Waals surface area contributed by atoms with Gasteiger partial charge in [0.25, 0.3) is 5.56 Å². The van der Waals surface area contributed by atoms with E-state index in [1.54, 1.807) is 22.9 Å². The zero-order valence-corrected chi connectivity index (χ0v) is 19.9. The minimum absolute atomic E-state index is 0.0407. The number of nitrogens with one attached hydrogen (secondary N) is 1. The number of aromatic hydroxyl groups is 1. The predicted octanol–water partition coefficient (Wildman–Crippen LogP) is 2.30. The molecule has 0 amide bonds. The van der Waals surface area contributed by atoms with Crippen LogP contribution in [0.5, 0.6) is 5.75 Å². The van der Waals surface area contributed by atoms with E-state index in [9.17, 15) is 19.9 Å². The quantitative estimate of drug-likeness (QED) is 0.262. The predicted molar refractivity (Wildman–Crippen MR) is 132 cm³/mol. The summed E-state index contributed by atoms with van der Waals surface area (Å²) < 4.78 is 19.7. The molecule has 2 aliphatic heterocycles. The Morgan fingerprint density at radius 1 is 1.05 bits per heavy atom. The molecule has 4 N–H and O–H groups in total. The first kappa shape index (κ1) is 22.5. The average Bonchev–Trinajstić information content (AvgIpc) is 3.59. The van der Waals surface area contributed by atoms with Gasteiger partial charge in [-0.2, -0.15) is 4.98 Å². The Morgan fingerprint density at radius 3 is 2.62 bits per heavy atom. The highest BCUT2D eigenvalue weighted by Gasteiger charge is 2.50. The number of H-pyrrole nitrogens is 1. The molecular formula is C24H20N5O7P. The first-order valence-electron chi connectivity index (χ1n) is 11.5. The number of rotatable bonds is 3. The topological polar surface area (TPSA) is 156 Å². The second-order valence-corrected chi connectivity index (χ2v) is 9.77. The minimum Gasteiger partial charge on any atom is -0.508 e. The summed E-state index contributed by atoms with van der Waals surface area (Å²) in [5, 5.41) is 21.0. The van der Waals surface area contributed by atoms with E-state index in [0.717, 1.165) is 5.56 Å². The summed E-state index contributed by atoms with van der Waals surface area (Å²) in [5.41, 5.74) is 2.03. The summed E-state index contributed by atoms with van der Waals surface area (Å²) in [4.78, 5) is 35.9. The van der Waals surface area contributed by atoms with E-state index in [-0.39, 0.29) is 29.3 Å². The van der Waals surface area contributed by atoms with E-state index < -0.39 is 38.7 Å². The van der Waals surface area contributed by atoms with Crippen molar-refractivity contribution >= 4 is 25.5 Å². The van der Waals surface area contributed by atoms with Crippen molar-refractivity contribution in [2.45, 2.75) is 24.5 Å². The molecule has 2 fully saturated rings. The molecule has 0 saturated carbocycles. The number of aromatic nitrogens is 5. The van der Waals surface area contributed by atoms with Crippen molar-refractivity contribution in [2.24, 2.45) is 0 Å². The number of benzene rings is 2. The van der Waals surface area contributed by atoms with Gasteiger partial charge in [-0.25, -0.2) is 9.38 Å². The lowest BCUT2D eigenvalue weighted by molar-refractivity contribution is -0.0581. The monoisotopic (exact) mass is 521 g/mol. The fourth-order valence-electron chi connectivity index (χ4n) is 4.82. The van der Waals surface area contributed by atoms with E-state index in [1.165, 1.54) is 16.5 Å². The number of phenolic OH excluding ortho intramolecular Hbond substituents is 1. The zero-order chi connectivity index (χ0) is 25.3. The van der Waals surface area contributed by atoms with Crippen molar-refractivity contribution in [3.8, 4) is 28.4 Å². The van der Waals surface area contributed by atoms with Crippen LogP contribution < -0.4 is 5.56 Å². The minimum atomic E-state index is -2.13. The Hall–Kier alpha value is -3.64. The molecule has 3 aromatic heterocycles. The van der Waals surface area contributed by atoms with Gasteiger partial charge in [-0.05, 0) is 29.8 Å². The molecule has 5 atom stereocenters. The third-order valence-corrected chi connectivity index (χ3v) is 7.38. The number of aliphatic hydroxyl groups excluding tert-OH is 1. The van der Waals surface area contributed by atoms with Crippen LogP contribution in [0.1, 0.15) is 6.23 Å². The van der Waals surface area contributed by atoms with Crippen LogP contribution in [0.3, 0.4) is 0 Å². The Labute approximate surface area is 209 Å². The van der Waals surface area contributed by atoms with Crippen molar-refractivity contribution in [2.75, 3.05) is 6.61 Å². The molecule has 5 aromatic rings. The molecule has 5 heterocycles. The normalized spacial score (nSPS) is 25.6. The van der Waals surface area contributed by atoms with Crippen molar-refractivity contribution < 1.29 is 28.9 Å². The largest absolute Gasteiger partial charge is 0.508 e. The molecule has 13 heteroatoms. The van der Waals surface area contributed by atoms with Crippen molar-refractivity contribution in [1.82, 2.24) is 23.9 Å². The highest BCUT2D eigenvalue weighted by atomic mass is 31.2. The Kier molecular flexibility index (Phi) is 5.15. The van der Waals surface area contributed by atoms with E-state index >= 15 is 0 Å². The average molecular weight is 521 g/mol.